The molecule has 0 spiro atoms. The fourth-order valence-electron chi connectivity index (χ4n) is 2.86. The Kier molecular flexibility index (Phi) is 5.15. The Bertz CT molecular complexity index is 670. The van der Waals surface area contributed by atoms with Crippen molar-refractivity contribution in [3.05, 3.63) is 48.8 Å². The fourth-order valence-corrected chi connectivity index (χ4v) is 2.86. The predicted molar refractivity (Wildman–Crippen MR) is 95.0 cm³/mol. The molecule has 1 aliphatic heterocycles. The van der Waals surface area contributed by atoms with Crippen LogP contribution in [0.5, 0.6) is 0 Å². The number of pyridine rings is 1. The van der Waals surface area contributed by atoms with Gasteiger partial charge in [-0.25, -0.2) is 4.79 Å². The smallest absolute Gasteiger partial charge is 0.411 e. The van der Waals surface area contributed by atoms with Gasteiger partial charge in [0.2, 0.25) is 0 Å². The molecular formula is C18H22N4O2. The average molecular weight is 326 g/mol. The van der Waals surface area contributed by atoms with Crippen LogP contribution in [0, 0.1) is 5.92 Å². The van der Waals surface area contributed by atoms with E-state index in [0.717, 1.165) is 25.9 Å². The van der Waals surface area contributed by atoms with Crippen LogP contribution in [-0.4, -0.2) is 30.8 Å². The maximum atomic E-state index is 11.9. The number of anilines is 3. The first-order valence-corrected chi connectivity index (χ1v) is 8.15. The van der Waals surface area contributed by atoms with E-state index in [9.17, 15) is 4.79 Å². The number of ether oxygens (including phenoxy) is 1. The SMILES string of the molecule is Nc1ccccc1NC(=O)OCC1CCN(c2ccncc2)CC1. The van der Waals surface area contributed by atoms with Gasteiger partial charge in [-0.3, -0.25) is 10.3 Å². The Balaban J connectivity index is 1.42. The van der Waals surface area contributed by atoms with Crippen LogP contribution in [0.15, 0.2) is 48.8 Å². The van der Waals surface area contributed by atoms with E-state index in [-0.39, 0.29) is 0 Å². The molecule has 2 heterocycles. The minimum absolute atomic E-state index is 0.391. The van der Waals surface area contributed by atoms with Crippen LogP contribution in [0.1, 0.15) is 12.8 Å². The summed E-state index contributed by atoms with van der Waals surface area (Å²) in [6, 6.07) is 11.2. The van der Waals surface area contributed by atoms with E-state index in [2.05, 4.69) is 15.2 Å². The molecule has 126 valence electrons. The summed E-state index contributed by atoms with van der Waals surface area (Å²) < 4.78 is 5.35. The number of nitrogens with two attached hydrogens (primary N) is 1. The van der Waals surface area contributed by atoms with Crippen LogP contribution in [0.3, 0.4) is 0 Å². The summed E-state index contributed by atoms with van der Waals surface area (Å²) in [7, 11) is 0. The lowest BCUT2D eigenvalue weighted by molar-refractivity contribution is 0.133. The zero-order valence-electron chi connectivity index (χ0n) is 13.5. The molecule has 6 heteroatoms. The van der Waals surface area contributed by atoms with Crippen LogP contribution >= 0.6 is 0 Å². The number of aromatic nitrogens is 1. The Morgan fingerprint density at radius 1 is 1.21 bits per heavy atom. The molecule has 2 aromatic rings. The molecule has 1 amide bonds. The van der Waals surface area contributed by atoms with Gasteiger partial charge in [-0.05, 0) is 43.0 Å². The Hall–Kier alpha value is -2.76. The number of rotatable bonds is 4. The molecule has 1 aliphatic rings. The number of hydrogen-bond donors (Lipinski definition) is 2. The quantitative estimate of drug-likeness (QED) is 0.844. The number of carbonyl (C=O) groups is 1. The van der Waals surface area contributed by atoms with Crippen molar-refractivity contribution in [2.24, 2.45) is 5.92 Å². The number of piperidine rings is 1. The van der Waals surface area contributed by atoms with E-state index in [4.69, 9.17) is 10.5 Å². The van der Waals surface area contributed by atoms with Gasteiger partial charge in [-0.15, -0.1) is 0 Å². The molecule has 0 aliphatic carbocycles. The van der Waals surface area contributed by atoms with E-state index in [1.165, 1.54) is 5.69 Å². The van der Waals surface area contributed by atoms with Gasteiger partial charge in [0, 0.05) is 31.2 Å². The highest BCUT2D eigenvalue weighted by molar-refractivity contribution is 5.88. The molecule has 1 saturated heterocycles. The Morgan fingerprint density at radius 3 is 2.62 bits per heavy atom. The number of nitrogen functional groups attached to an aromatic ring is 1. The lowest BCUT2D eigenvalue weighted by Gasteiger charge is -2.33. The molecule has 0 unspecified atom stereocenters. The Labute approximate surface area is 141 Å². The zero-order chi connectivity index (χ0) is 16.8. The molecule has 1 aromatic carbocycles. The van der Waals surface area contributed by atoms with E-state index >= 15 is 0 Å². The molecule has 0 bridgehead atoms. The highest BCUT2D eigenvalue weighted by atomic mass is 16.5. The number of benzene rings is 1. The van der Waals surface area contributed by atoms with Crippen molar-refractivity contribution in [2.75, 3.05) is 35.6 Å². The molecule has 1 aromatic heterocycles. The minimum atomic E-state index is -0.454. The second-order valence-electron chi connectivity index (χ2n) is 5.95. The lowest BCUT2D eigenvalue weighted by Crippen LogP contribution is -2.35. The minimum Gasteiger partial charge on any atom is -0.449 e. The summed E-state index contributed by atoms with van der Waals surface area (Å²) in [5, 5.41) is 2.68. The standard InChI is InChI=1S/C18H22N4O2/c19-16-3-1-2-4-17(16)21-18(23)24-13-14-7-11-22(12-8-14)15-5-9-20-10-6-15/h1-6,9-10,14H,7-8,11-13,19H2,(H,21,23). The molecule has 24 heavy (non-hydrogen) atoms. The van der Waals surface area contributed by atoms with E-state index in [1.54, 1.807) is 12.1 Å². The number of para-hydroxylation sites is 2. The number of carbonyl (C=O) groups excluding carboxylic acids is 1. The normalized spacial score (nSPS) is 15.1. The first-order chi connectivity index (χ1) is 11.7. The topological polar surface area (TPSA) is 80.5 Å². The maximum Gasteiger partial charge on any atom is 0.411 e. The maximum absolute atomic E-state index is 11.9. The van der Waals surface area contributed by atoms with Crippen LogP contribution < -0.4 is 16.0 Å². The zero-order valence-corrected chi connectivity index (χ0v) is 13.5. The van der Waals surface area contributed by atoms with Crippen LogP contribution in [0.25, 0.3) is 0 Å². The third-order valence-corrected chi connectivity index (χ3v) is 4.29. The van der Waals surface area contributed by atoms with Gasteiger partial charge in [0.1, 0.15) is 0 Å². The molecule has 0 saturated carbocycles. The van der Waals surface area contributed by atoms with Gasteiger partial charge >= 0.3 is 6.09 Å². The van der Waals surface area contributed by atoms with Crippen molar-refractivity contribution < 1.29 is 9.53 Å². The summed E-state index contributed by atoms with van der Waals surface area (Å²) in [6.45, 7) is 2.36. The largest absolute Gasteiger partial charge is 0.449 e. The van der Waals surface area contributed by atoms with Gasteiger partial charge in [0.15, 0.2) is 0 Å². The van der Waals surface area contributed by atoms with Crippen LogP contribution in [0.2, 0.25) is 0 Å². The monoisotopic (exact) mass is 326 g/mol. The van der Waals surface area contributed by atoms with Gasteiger partial charge in [-0.1, -0.05) is 12.1 Å². The van der Waals surface area contributed by atoms with Gasteiger partial charge in [-0.2, -0.15) is 0 Å². The van der Waals surface area contributed by atoms with Crippen molar-refractivity contribution in [3.63, 3.8) is 0 Å². The predicted octanol–water partition coefficient (Wildman–Crippen LogP) is 3.13. The summed E-state index contributed by atoms with van der Waals surface area (Å²) in [6.07, 6.45) is 5.17. The summed E-state index contributed by atoms with van der Waals surface area (Å²) in [5.74, 6) is 0.391. The van der Waals surface area contributed by atoms with Crippen molar-refractivity contribution in [1.29, 1.82) is 0 Å². The van der Waals surface area contributed by atoms with E-state index < -0.39 is 6.09 Å². The van der Waals surface area contributed by atoms with Crippen molar-refractivity contribution in [2.45, 2.75) is 12.8 Å². The molecule has 6 nitrogen and oxygen atoms in total. The molecule has 1 fully saturated rings. The van der Waals surface area contributed by atoms with Crippen LogP contribution in [-0.2, 0) is 4.74 Å². The average Bonchev–Trinajstić information content (AvgIpc) is 2.63. The number of amides is 1. The van der Waals surface area contributed by atoms with Gasteiger partial charge in [0.05, 0.1) is 18.0 Å². The highest BCUT2D eigenvalue weighted by Crippen LogP contribution is 2.23. The summed E-state index contributed by atoms with van der Waals surface area (Å²) in [4.78, 5) is 18.3. The van der Waals surface area contributed by atoms with Crippen molar-refractivity contribution in [3.8, 4) is 0 Å². The van der Waals surface area contributed by atoms with Crippen molar-refractivity contribution >= 4 is 23.2 Å². The lowest BCUT2D eigenvalue weighted by atomic mass is 9.97. The second kappa shape index (κ2) is 7.68. The van der Waals surface area contributed by atoms with E-state index in [0.29, 0.717) is 23.9 Å². The molecule has 0 radical (unpaired) electrons. The van der Waals surface area contributed by atoms with E-state index in [1.807, 2.05) is 36.7 Å². The Morgan fingerprint density at radius 2 is 1.92 bits per heavy atom. The van der Waals surface area contributed by atoms with Crippen LogP contribution in [0.4, 0.5) is 21.9 Å². The van der Waals surface area contributed by atoms with Gasteiger partial charge < -0.3 is 15.4 Å². The fraction of sp³-hybridized carbons (Fsp3) is 0.333. The number of nitrogens with one attached hydrogen (secondary N) is 1. The number of nitrogens with zero attached hydrogens (tertiary/aromatic N) is 2. The third kappa shape index (κ3) is 4.16. The highest BCUT2D eigenvalue weighted by Gasteiger charge is 2.20. The molecule has 3 rings (SSSR count). The number of hydrogen-bond acceptors (Lipinski definition) is 5. The van der Waals surface area contributed by atoms with Gasteiger partial charge in [0.25, 0.3) is 0 Å². The molecule has 0 atom stereocenters. The summed E-state index contributed by atoms with van der Waals surface area (Å²) in [5.41, 5.74) is 8.10. The molecular weight excluding hydrogens is 304 g/mol. The first kappa shape index (κ1) is 16.1. The summed E-state index contributed by atoms with van der Waals surface area (Å²) >= 11 is 0. The molecule has 3 N–H and O–H groups in total. The van der Waals surface area contributed by atoms with Crippen molar-refractivity contribution in [1.82, 2.24) is 4.98 Å². The third-order valence-electron chi connectivity index (χ3n) is 4.29. The first-order valence-electron chi connectivity index (χ1n) is 8.15. The second-order valence-corrected chi connectivity index (χ2v) is 5.95.